The van der Waals surface area contributed by atoms with E-state index in [-0.39, 0.29) is 5.56 Å². The summed E-state index contributed by atoms with van der Waals surface area (Å²) in [6.45, 7) is 6.17. The van der Waals surface area contributed by atoms with Gasteiger partial charge in [0, 0.05) is 6.20 Å². The van der Waals surface area contributed by atoms with Crippen LogP contribution in [0.5, 0.6) is 0 Å². The number of carbonyl (C=O) groups excluding carboxylic acids is 1. The van der Waals surface area contributed by atoms with Crippen molar-refractivity contribution in [3.8, 4) is 5.69 Å². The van der Waals surface area contributed by atoms with Crippen molar-refractivity contribution in [1.29, 1.82) is 0 Å². The third-order valence-corrected chi connectivity index (χ3v) is 3.27. The number of benzene rings is 1. The van der Waals surface area contributed by atoms with E-state index in [9.17, 15) is 9.59 Å². The van der Waals surface area contributed by atoms with Gasteiger partial charge in [0.2, 0.25) is 0 Å². The Kier molecular flexibility index (Phi) is 5.16. The largest absolute Gasteiger partial charge is 0.478 e. The van der Waals surface area contributed by atoms with Crippen molar-refractivity contribution < 1.29 is 19.4 Å². The van der Waals surface area contributed by atoms with Crippen LogP contribution in [0.4, 0.5) is 0 Å². The Hall–Kier alpha value is -2.63. The standard InChI is InChI=1S/C17H20N2O4/c1-4-23-17(22)14-10-19(18-15(14)9-11(2)3)13-7-5-12(6-8-13)16(20)21/h5-8,10-11H,4,9H2,1-3H3,(H,20,21). The van der Waals surface area contributed by atoms with Crippen molar-refractivity contribution in [3.63, 3.8) is 0 Å². The van der Waals surface area contributed by atoms with Gasteiger partial charge in [0.05, 0.1) is 23.6 Å². The second-order valence-electron chi connectivity index (χ2n) is 5.60. The molecule has 6 heteroatoms. The fourth-order valence-electron chi connectivity index (χ4n) is 2.22. The Morgan fingerprint density at radius 2 is 1.91 bits per heavy atom. The first-order chi connectivity index (χ1) is 10.9. The quantitative estimate of drug-likeness (QED) is 0.829. The Balaban J connectivity index is 2.38. The summed E-state index contributed by atoms with van der Waals surface area (Å²) in [5.74, 6) is -1.03. The van der Waals surface area contributed by atoms with Gasteiger partial charge in [-0.2, -0.15) is 5.10 Å². The van der Waals surface area contributed by atoms with Crippen molar-refractivity contribution in [2.45, 2.75) is 27.2 Å². The van der Waals surface area contributed by atoms with E-state index in [1.165, 1.54) is 12.1 Å². The molecule has 0 amide bonds. The number of aromatic carboxylic acids is 1. The highest BCUT2D eigenvalue weighted by molar-refractivity contribution is 5.90. The van der Waals surface area contributed by atoms with E-state index in [2.05, 4.69) is 18.9 Å². The molecule has 0 aliphatic heterocycles. The van der Waals surface area contributed by atoms with Gasteiger partial charge in [0.25, 0.3) is 0 Å². The van der Waals surface area contributed by atoms with Crippen molar-refractivity contribution in [3.05, 3.63) is 47.3 Å². The van der Waals surface area contributed by atoms with Gasteiger partial charge >= 0.3 is 11.9 Å². The number of aromatic nitrogens is 2. The number of hydrogen-bond donors (Lipinski definition) is 1. The van der Waals surface area contributed by atoms with Crippen LogP contribution in [0.1, 0.15) is 47.2 Å². The Morgan fingerprint density at radius 3 is 2.43 bits per heavy atom. The van der Waals surface area contributed by atoms with Crippen molar-refractivity contribution >= 4 is 11.9 Å². The summed E-state index contributed by atoms with van der Waals surface area (Å²) in [5, 5.41) is 13.4. The number of carboxylic acid groups (broad SMARTS) is 1. The van der Waals surface area contributed by atoms with Gasteiger partial charge in [-0.15, -0.1) is 0 Å². The summed E-state index contributed by atoms with van der Waals surface area (Å²) in [6.07, 6.45) is 2.29. The van der Waals surface area contributed by atoms with Crippen molar-refractivity contribution in [1.82, 2.24) is 9.78 Å². The van der Waals surface area contributed by atoms with Gasteiger partial charge < -0.3 is 9.84 Å². The SMILES string of the molecule is CCOC(=O)c1cn(-c2ccc(C(=O)O)cc2)nc1CC(C)C. The molecule has 1 N–H and O–H groups in total. The molecule has 0 bridgehead atoms. The molecule has 2 rings (SSSR count). The molecule has 6 nitrogen and oxygen atoms in total. The molecule has 0 spiro atoms. The zero-order valence-electron chi connectivity index (χ0n) is 13.4. The third-order valence-electron chi connectivity index (χ3n) is 3.27. The van der Waals surface area contributed by atoms with Crippen molar-refractivity contribution in [2.24, 2.45) is 5.92 Å². The molecule has 0 unspecified atom stereocenters. The first-order valence-electron chi connectivity index (χ1n) is 7.51. The molecule has 0 aliphatic carbocycles. The van der Waals surface area contributed by atoms with Gasteiger partial charge in [-0.25, -0.2) is 14.3 Å². The van der Waals surface area contributed by atoms with Gasteiger partial charge in [-0.3, -0.25) is 0 Å². The predicted octanol–water partition coefficient (Wildman–Crippen LogP) is 2.95. The molecule has 2 aromatic rings. The lowest BCUT2D eigenvalue weighted by atomic mass is 10.1. The number of carbonyl (C=O) groups is 2. The molecule has 0 fully saturated rings. The van der Waals surface area contributed by atoms with Gasteiger partial charge in [0.15, 0.2) is 0 Å². The fourth-order valence-corrected chi connectivity index (χ4v) is 2.22. The number of hydrogen-bond acceptors (Lipinski definition) is 4. The molecule has 0 atom stereocenters. The molecule has 1 aromatic carbocycles. The van der Waals surface area contributed by atoms with Crippen molar-refractivity contribution in [2.75, 3.05) is 6.61 Å². The van der Waals surface area contributed by atoms with E-state index in [0.29, 0.717) is 35.9 Å². The molecular formula is C17H20N2O4. The lowest BCUT2D eigenvalue weighted by molar-refractivity contribution is 0.0524. The summed E-state index contributed by atoms with van der Waals surface area (Å²) in [6, 6.07) is 6.33. The monoisotopic (exact) mass is 316 g/mol. The average Bonchev–Trinajstić information content (AvgIpc) is 2.90. The minimum atomic E-state index is -0.982. The predicted molar refractivity (Wildman–Crippen MR) is 85.0 cm³/mol. The van der Waals surface area contributed by atoms with Crippen LogP contribution in [0.2, 0.25) is 0 Å². The van der Waals surface area contributed by atoms with Crippen LogP contribution in [0, 0.1) is 5.92 Å². The molecule has 1 aromatic heterocycles. The summed E-state index contributed by atoms with van der Waals surface area (Å²) in [7, 11) is 0. The number of esters is 1. The van der Waals surface area contributed by atoms with Crippen LogP contribution in [-0.2, 0) is 11.2 Å². The fraction of sp³-hybridized carbons (Fsp3) is 0.353. The highest BCUT2D eigenvalue weighted by Crippen LogP contribution is 2.17. The minimum absolute atomic E-state index is 0.203. The zero-order valence-corrected chi connectivity index (χ0v) is 13.4. The van der Waals surface area contributed by atoms with Crippen LogP contribution in [0.15, 0.2) is 30.5 Å². The van der Waals surface area contributed by atoms with E-state index < -0.39 is 11.9 Å². The smallest absolute Gasteiger partial charge is 0.341 e. The lowest BCUT2D eigenvalue weighted by Crippen LogP contribution is -2.08. The highest BCUT2D eigenvalue weighted by atomic mass is 16.5. The van der Waals surface area contributed by atoms with Crippen LogP contribution in [-0.4, -0.2) is 33.4 Å². The molecule has 0 radical (unpaired) electrons. The van der Waals surface area contributed by atoms with Gasteiger partial charge in [-0.1, -0.05) is 13.8 Å². The summed E-state index contributed by atoms with van der Waals surface area (Å²) in [4.78, 5) is 23.0. The normalized spacial score (nSPS) is 10.8. The zero-order chi connectivity index (χ0) is 17.0. The average molecular weight is 316 g/mol. The molecule has 0 aliphatic rings. The molecule has 23 heavy (non-hydrogen) atoms. The molecule has 122 valence electrons. The first kappa shape index (κ1) is 16.7. The number of rotatable bonds is 6. The van der Waals surface area contributed by atoms with Crippen LogP contribution >= 0.6 is 0 Å². The maximum absolute atomic E-state index is 12.1. The molecule has 1 heterocycles. The van der Waals surface area contributed by atoms with E-state index in [0.717, 1.165) is 0 Å². The van der Waals surface area contributed by atoms with Crippen LogP contribution in [0.25, 0.3) is 5.69 Å². The molecular weight excluding hydrogens is 296 g/mol. The lowest BCUT2D eigenvalue weighted by Gasteiger charge is -2.04. The van der Waals surface area contributed by atoms with E-state index in [1.54, 1.807) is 29.9 Å². The van der Waals surface area contributed by atoms with E-state index in [1.807, 2.05) is 0 Å². The Bertz CT molecular complexity index is 702. The number of nitrogens with zero attached hydrogens (tertiary/aromatic N) is 2. The highest BCUT2D eigenvalue weighted by Gasteiger charge is 2.19. The van der Waals surface area contributed by atoms with Crippen LogP contribution < -0.4 is 0 Å². The Morgan fingerprint density at radius 1 is 1.26 bits per heavy atom. The number of carboxylic acids is 1. The van der Waals surface area contributed by atoms with Gasteiger partial charge in [0.1, 0.15) is 5.56 Å². The van der Waals surface area contributed by atoms with Crippen LogP contribution in [0.3, 0.4) is 0 Å². The second-order valence-corrected chi connectivity index (χ2v) is 5.60. The second kappa shape index (κ2) is 7.09. The maximum atomic E-state index is 12.1. The van der Waals surface area contributed by atoms with E-state index in [4.69, 9.17) is 9.84 Å². The summed E-state index contributed by atoms with van der Waals surface area (Å²) in [5.41, 5.74) is 2.02. The molecule has 0 saturated heterocycles. The van der Waals surface area contributed by atoms with E-state index >= 15 is 0 Å². The summed E-state index contributed by atoms with van der Waals surface area (Å²) < 4.78 is 6.66. The number of ether oxygens (including phenoxy) is 1. The molecule has 0 saturated carbocycles. The maximum Gasteiger partial charge on any atom is 0.341 e. The topological polar surface area (TPSA) is 81.4 Å². The van der Waals surface area contributed by atoms with Gasteiger partial charge in [-0.05, 0) is 43.5 Å². The summed E-state index contributed by atoms with van der Waals surface area (Å²) >= 11 is 0. The third kappa shape index (κ3) is 3.97. The minimum Gasteiger partial charge on any atom is -0.478 e. The Labute approximate surface area is 134 Å². The first-order valence-corrected chi connectivity index (χ1v) is 7.51.